The number of phenolic OH excluding ortho intramolecular Hbond substituents is 1. The number of Topliss-reactive ketones (excluding diaryl/α,β-unsaturated/α-hetero) is 2. The number of phenols is 1. The minimum absolute atomic E-state index is 0.0266. The number of nitrogens with zero attached hydrogens (tertiary/aromatic N) is 2. The summed E-state index contributed by atoms with van der Waals surface area (Å²) in [4.78, 5) is 144. The molecule has 1 aliphatic rings. The first-order valence-electron chi connectivity index (χ1n) is 29.1. The molecule has 5 rings (SSSR count). The number of aromatic hydroxyl groups is 1. The summed E-state index contributed by atoms with van der Waals surface area (Å²) < 4.78 is 0. The first kappa shape index (κ1) is 68.8. The summed E-state index contributed by atoms with van der Waals surface area (Å²) >= 11 is 0. The minimum Gasteiger partial charge on any atom is -0.508 e. The van der Waals surface area contributed by atoms with Crippen LogP contribution < -0.4 is 49.1 Å². The summed E-state index contributed by atoms with van der Waals surface area (Å²) in [6.45, 7) is 6.24. The predicted molar refractivity (Wildman–Crippen MR) is 324 cm³/mol. The number of aromatic amines is 1. The monoisotopic (exact) mass is 1200 g/mol. The Morgan fingerprint density at radius 2 is 1.41 bits per heavy atom. The molecule has 0 spiro atoms. The van der Waals surface area contributed by atoms with Crippen LogP contribution in [0.5, 0.6) is 5.75 Å². The van der Waals surface area contributed by atoms with Crippen molar-refractivity contribution in [2.75, 3.05) is 20.1 Å². The molecule has 0 radical (unpaired) electrons. The Labute approximate surface area is 505 Å². The molecule has 1 aliphatic heterocycles. The van der Waals surface area contributed by atoms with E-state index in [4.69, 9.17) is 17.2 Å². The average molecular weight is 1210 g/mol. The van der Waals surface area contributed by atoms with Crippen molar-refractivity contribution in [3.8, 4) is 5.75 Å². The van der Waals surface area contributed by atoms with Gasteiger partial charge in [0.15, 0.2) is 17.5 Å². The number of β-amino-alcohol motifs (C(OH)–C–C–N with tert-alkyl or cyclic N) is 1. The Morgan fingerprint density at radius 3 is 2.06 bits per heavy atom. The van der Waals surface area contributed by atoms with Crippen molar-refractivity contribution in [1.29, 1.82) is 0 Å². The van der Waals surface area contributed by atoms with E-state index in [1.54, 1.807) is 54.7 Å². The molecule has 25 nitrogen and oxygen atoms in total. The minimum atomic E-state index is -1.64. The molecule has 1 aromatic heterocycles. The number of carbonyl (C=O) groups excluding carboxylic acids is 10. The molecule has 25 heteroatoms. The zero-order valence-electron chi connectivity index (χ0n) is 49.8. The van der Waals surface area contributed by atoms with Gasteiger partial charge in [0.2, 0.25) is 47.3 Å². The fraction of sp³-hybridized carbons (Fsp3) is 0.468. The Hall–Kier alpha value is -8.97. The van der Waals surface area contributed by atoms with Crippen molar-refractivity contribution in [3.05, 3.63) is 114 Å². The molecule has 1 saturated heterocycles. The van der Waals surface area contributed by atoms with Crippen LogP contribution in [-0.4, -0.2) is 159 Å². The number of para-hydroxylation sites is 1. The lowest BCUT2D eigenvalue weighted by Gasteiger charge is -2.30. The number of ketones is 2. The van der Waals surface area contributed by atoms with Crippen molar-refractivity contribution >= 4 is 75.7 Å². The van der Waals surface area contributed by atoms with E-state index in [0.717, 1.165) is 26.9 Å². The maximum Gasteiger partial charge on any atom is 0.246 e. The van der Waals surface area contributed by atoms with Crippen LogP contribution in [0.1, 0.15) is 95.8 Å². The number of hydrogen-bond donors (Lipinski definition) is 13. The van der Waals surface area contributed by atoms with E-state index in [2.05, 4.69) is 41.9 Å². The second-order valence-corrected chi connectivity index (χ2v) is 22.5. The van der Waals surface area contributed by atoms with E-state index < -0.39 is 132 Å². The number of H-pyrrole nitrogens is 1. The first-order valence-corrected chi connectivity index (χ1v) is 29.1. The number of amides is 8. The number of benzene rings is 3. The van der Waals surface area contributed by atoms with Crippen LogP contribution in [-0.2, 0) is 67.2 Å². The lowest BCUT2D eigenvalue weighted by Crippen LogP contribution is -2.56. The number of hydrogen-bond acceptors (Lipinski definition) is 14. The summed E-state index contributed by atoms with van der Waals surface area (Å²) in [6.07, 6.45) is 0.887. The number of aliphatic imine (C=N–C) groups is 1. The van der Waals surface area contributed by atoms with Crippen molar-refractivity contribution in [3.63, 3.8) is 0 Å². The Kier molecular flexibility index (Phi) is 26.6. The van der Waals surface area contributed by atoms with Gasteiger partial charge in [0.05, 0.1) is 42.7 Å². The summed E-state index contributed by atoms with van der Waals surface area (Å²) in [5, 5.41) is 48.7. The summed E-state index contributed by atoms with van der Waals surface area (Å²) in [6, 6.07) is 15.1. The molecule has 2 heterocycles. The van der Waals surface area contributed by atoms with E-state index in [1.165, 1.54) is 39.1 Å². The normalized spacial score (nSPS) is 17.0. The molecule has 0 unspecified atom stereocenters. The molecule has 87 heavy (non-hydrogen) atoms. The number of likely N-dealkylation sites (tertiary alicyclic amines) is 1. The van der Waals surface area contributed by atoms with Crippen LogP contribution in [0.4, 0.5) is 0 Å². The van der Waals surface area contributed by atoms with Crippen molar-refractivity contribution < 1.29 is 63.3 Å². The van der Waals surface area contributed by atoms with Gasteiger partial charge in [0, 0.05) is 88.6 Å². The molecule has 470 valence electrons. The fourth-order valence-corrected chi connectivity index (χ4v) is 10.4. The molecule has 10 atom stereocenters. The second kappa shape index (κ2) is 33.7. The number of primary amides is 2. The number of guanidine groups is 1. The molecular weight excluding hydrogens is 1120 g/mol. The Balaban J connectivity index is 1.28. The average Bonchev–Trinajstić information content (AvgIpc) is 2.36. The third-order valence-corrected chi connectivity index (χ3v) is 14.9. The molecular formula is C62H84N12O13. The van der Waals surface area contributed by atoms with Gasteiger partial charge >= 0.3 is 0 Å². The van der Waals surface area contributed by atoms with Gasteiger partial charge in [0.1, 0.15) is 23.9 Å². The molecule has 3 aromatic carbocycles. The lowest BCUT2D eigenvalue weighted by atomic mass is 9.90. The number of aliphatic hydroxyl groups excluding tert-OH is 2. The van der Waals surface area contributed by atoms with Gasteiger partial charge in [-0.25, -0.2) is 0 Å². The maximum atomic E-state index is 14.3. The van der Waals surface area contributed by atoms with E-state index in [1.807, 2.05) is 38.1 Å². The molecule has 4 aromatic rings. The highest BCUT2D eigenvalue weighted by Crippen LogP contribution is 2.24. The smallest absolute Gasteiger partial charge is 0.246 e. The quantitative estimate of drug-likeness (QED) is 0.0131. The highest BCUT2D eigenvalue weighted by molar-refractivity contribution is 5.99. The zero-order valence-corrected chi connectivity index (χ0v) is 49.8. The number of rotatable bonds is 34. The van der Waals surface area contributed by atoms with Crippen LogP contribution in [0.3, 0.4) is 0 Å². The van der Waals surface area contributed by atoms with Crippen LogP contribution in [0.2, 0.25) is 0 Å². The highest BCUT2D eigenvalue weighted by atomic mass is 16.3. The van der Waals surface area contributed by atoms with E-state index in [-0.39, 0.29) is 75.5 Å². The Bertz CT molecular complexity index is 3090. The van der Waals surface area contributed by atoms with E-state index in [0.29, 0.717) is 18.5 Å². The van der Waals surface area contributed by atoms with Crippen LogP contribution in [0, 0.1) is 17.8 Å². The van der Waals surface area contributed by atoms with Gasteiger partial charge in [-0.15, -0.1) is 0 Å². The molecule has 8 amide bonds. The summed E-state index contributed by atoms with van der Waals surface area (Å²) in [7, 11) is 1.51. The molecule has 0 bridgehead atoms. The van der Waals surface area contributed by atoms with Gasteiger partial charge in [-0.1, -0.05) is 86.7 Å². The van der Waals surface area contributed by atoms with E-state index in [9.17, 15) is 63.3 Å². The SMILES string of the molecule is CN=C(N)NCCC[C@H](CC(=O)[C@H](CC(C)C)NC(=O)C/C=C/[C@H](Cc1ccccc1)NC(=O)[C@@H](CC(=O)[C@H](CC(N)=O)NC(=O)[C@@H]1C[C@@H](O)CN1C(=O)[C@@H](Cc1ccc(O)cc1)NC(C)=O)[C@@H](C)O)C(=O)N[C@@H](Cc1c[nH]c2ccccc12)C(N)=O. The van der Waals surface area contributed by atoms with Gasteiger partial charge in [-0.2, -0.15) is 0 Å². The topological polar surface area (TPSA) is 413 Å². The highest BCUT2D eigenvalue weighted by Gasteiger charge is 2.43. The number of nitrogens with two attached hydrogens (primary N) is 3. The largest absolute Gasteiger partial charge is 0.508 e. The molecule has 16 N–H and O–H groups in total. The van der Waals surface area contributed by atoms with Gasteiger partial charge in [-0.05, 0) is 73.4 Å². The van der Waals surface area contributed by atoms with Gasteiger partial charge in [-0.3, -0.25) is 52.9 Å². The standard InChI is InChI=1S/C62H84N12O13/c1-35(2)25-48(53(79)29-40(15-12-24-67-62(65)66-5)58(84)73-50(57(64)83)28-41-33-68-47-18-10-9-17-45(41)47)71-56(82)19-11-16-42(26-38-13-7-6-8-14-38)70-59(85)46(36(3)75)31-54(80)49(32-55(63)81)72-60(86)52-30-44(78)34-74(52)61(87)51(69-37(4)76)27-39-20-22-43(77)23-21-39/h6-11,13-14,16-18,20-23,33,35-36,40,42,44,46,48-52,68,75,77-78H,12,15,19,24-32,34H2,1-5H3,(H2,63,81)(H2,64,83)(H,69,76)(H,70,85)(H,71,82)(H,72,86)(H,73,84)(H3,65,66,67)/b16-11+/t36-,40-,42-,44-,46+,48+,49+,50+,51-,52+/m1/s1. The number of fused-ring (bicyclic) bond motifs is 1. The maximum absolute atomic E-state index is 14.3. The number of aliphatic hydroxyl groups is 2. The molecule has 0 aliphatic carbocycles. The van der Waals surface area contributed by atoms with E-state index >= 15 is 0 Å². The zero-order chi connectivity index (χ0) is 63.9. The van der Waals surface area contributed by atoms with Crippen molar-refractivity contribution in [1.82, 2.24) is 41.8 Å². The van der Waals surface area contributed by atoms with Crippen molar-refractivity contribution in [2.45, 2.75) is 147 Å². The molecule has 1 fully saturated rings. The Morgan fingerprint density at radius 1 is 0.747 bits per heavy atom. The van der Waals surface area contributed by atoms with Crippen molar-refractivity contribution in [2.24, 2.45) is 39.9 Å². The lowest BCUT2D eigenvalue weighted by molar-refractivity contribution is -0.142. The number of aromatic nitrogens is 1. The van der Waals surface area contributed by atoms with Crippen LogP contribution in [0.15, 0.2) is 102 Å². The second-order valence-electron chi connectivity index (χ2n) is 22.5. The summed E-state index contributed by atoms with van der Waals surface area (Å²) in [5.74, 6) is -9.55. The number of nitrogens with one attached hydrogen (secondary N) is 7. The van der Waals surface area contributed by atoms with Gasteiger partial charge in [0.25, 0.3) is 0 Å². The predicted octanol–water partition coefficient (Wildman–Crippen LogP) is 0.506. The van der Waals surface area contributed by atoms with Crippen LogP contribution >= 0.6 is 0 Å². The third-order valence-electron chi connectivity index (χ3n) is 14.9. The van der Waals surface area contributed by atoms with Gasteiger partial charge < -0.3 is 74.3 Å². The first-order chi connectivity index (χ1) is 41.3. The fourth-order valence-electron chi connectivity index (χ4n) is 10.4. The summed E-state index contributed by atoms with van der Waals surface area (Å²) in [5.41, 5.74) is 20.1. The van der Waals surface area contributed by atoms with Crippen LogP contribution in [0.25, 0.3) is 10.9 Å². The number of carbonyl (C=O) groups is 10. The molecule has 0 saturated carbocycles. The third kappa shape index (κ3) is 22.1.